The molecule has 0 bridgehead atoms. The maximum absolute atomic E-state index is 11.1. The molecule has 1 aromatic carbocycles. The zero-order valence-corrected chi connectivity index (χ0v) is 12.3. The van der Waals surface area contributed by atoms with Crippen LogP contribution in [-0.4, -0.2) is 21.7 Å². The van der Waals surface area contributed by atoms with Crippen LogP contribution >= 0.6 is 0 Å². The van der Waals surface area contributed by atoms with Crippen molar-refractivity contribution in [2.75, 3.05) is 0 Å². The first-order valence-corrected chi connectivity index (χ1v) is 8.28. The maximum Gasteiger partial charge on any atom is 0.310 e. The third-order valence-corrected chi connectivity index (χ3v) is 6.68. The van der Waals surface area contributed by atoms with Crippen molar-refractivity contribution in [3.63, 3.8) is 0 Å². The average Bonchev–Trinajstić information content (AvgIpc) is 3.07. The Labute approximate surface area is 128 Å². The van der Waals surface area contributed by atoms with Crippen molar-refractivity contribution in [2.45, 2.75) is 56.1 Å². The Morgan fingerprint density at radius 2 is 2.14 bits per heavy atom. The molecule has 5 heteroatoms. The zero-order chi connectivity index (χ0) is 15.1. The third kappa shape index (κ3) is 1.47. The standard InChI is InChI=1S/C17H19NO4/c19-15-7-9-1-2-11-10(12(9)8-14(15)18(20)21)5-6-17-13(11)3-4-16(17)22-17/h7-8,10-11,13,16,19H,1-6H2/t10?,11?,13?,16-,17+/m0/s1. The summed E-state index contributed by atoms with van der Waals surface area (Å²) in [6.45, 7) is 0. The molecule has 1 aromatic rings. The summed E-state index contributed by atoms with van der Waals surface area (Å²) in [7, 11) is 0. The van der Waals surface area contributed by atoms with Crippen LogP contribution in [-0.2, 0) is 11.2 Å². The number of benzene rings is 1. The molecular weight excluding hydrogens is 282 g/mol. The van der Waals surface area contributed by atoms with Gasteiger partial charge in [-0.05, 0) is 73.5 Å². The highest BCUT2D eigenvalue weighted by atomic mass is 16.6. The van der Waals surface area contributed by atoms with Crippen molar-refractivity contribution >= 4 is 5.69 Å². The number of ether oxygens (including phenoxy) is 1. The fourth-order valence-electron chi connectivity index (χ4n) is 5.75. The highest BCUT2D eigenvalue weighted by Crippen LogP contribution is 2.66. The van der Waals surface area contributed by atoms with Gasteiger partial charge in [-0.1, -0.05) is 0 Å². The van der Waals surface area contributed by atoms with Crippen molar-refractivity contribution in [3.8, 4) is 5.75 Å². The number of aryl methyl sites for hydroxylation is 1. The van der Waals surface area contributed by atoms with Crippen LogP contribution in [0.1, 0.15) is 49.1 Å². The van der Waals surface area contributed by atoms with Crippen molar-refractivity contribution < 1.29 is 14.8 Å². The van der Waals surface area contributed by atoms with Crippen LogP contribution in [0.2, 0.25) is 0 Å². The van der Waals surface area contributed by atoms with Gasteiger partial charge in [-0.3, -0.25) is 10.1 Å². The van der Waals surface area contributed by atoms with Crippen molar-refractivity contribution in [1.29, 1.82) is 0 Å². The first-order chi connectivity index (χ1) is 10.6. The van der Waals surface area contributed by atoms with Crippen molar-refractivity contribution in [1.82, 2.24) is 0 Å². The van der Waals surface area contributed by atoms with Gasteiger partial charge in [0.25, 0.3) is 0 Å². The van der Waals surface area contributed by atoms with E-state index in [-0.39, 0.29) is 17.0 Å². The van der Waals surface area contributed by atoms with Gasteiger partial charge in [-0.25, -0.2) is 0 Å². The lowest BCUT2D eigenvalue weighted by Crippen LogP contribution is -2.40. The number of phenols is 1. The summed E-state index contributed by atoms with van der Waals surface area (Å²) in [5.74, 6) is 1.44. The Balaban J connectivity index is 1.57. The molecule has 5 nitrogen and oxygen atoms in total. The first kappa shape index (κ1) is 12.9. The van der Waals surface area contributed by atoms with E-state index in [9.17, 15) is 15.2 Å². The number of rotatable bonds is 1. The molecule has 1 aliphatic heterocycles. The summed E-state index contributed by atoms with van der Waals surface area (Å²) < 4.78 is 6.01. The summed E-state index contributed by atoms with van der Waals surface area (Å²) in [5.41, 5.74) is 2.24. The van der Waals surface area contributed by atoms with Crippen molar-refractivity contribution in [3.05, 3.63) is 33.4 Å². The molecule has 1 N–H and O–H groups in total. The van der Waals surface area contributed by atoms with Crippen LogP contribution in [0.5, 0.6) is 5.75 Å². The maximum atomic E-state index is 11.1. The zero-order valence-electron chi connectivity index (χ0n) is 12.3. The number of epoxide rings is 1. The average molecular weight is 301 g/mol. The fourth-order valence-corrected chi connectivity index (χ4v) is 5.75. The Bertz CT molecular complexity index is 687. The largest absolute Gasteiger partial charge is 0.502 e. The molecular formula is C17H19NO4. The van der Waals surface area contributed by atoms with E-state index < -0.39 is 4.92 Å². The molecule has 0 amide bonds. The molecule has 0 radical (unpaired) electrons. The van der Waals surface area contributed by atoms with Gasteiger partial charge in [-0.2, -0.15) is 0 Å². The topological polar surface area (TPSA) is 75.9 Å². The number of fused-ring (bicyclic) bond motifs is 4. The quantitative estimate of drug-likeness (QED) is 0.490. The van der Waals surface area contributed by atoms with Crippen LogP contribution in [0.4, 0.5) is 5.69 Å². The van der Waals surface area contributed by atoms with E-state index in [4.69, 9.17) is 4.74 Å². The SMILES string of the molecule is O=[N+]([O-])c1cc2c(cc1O)CCC1C2CC[C@]23O[C@H]2CCC13. The minimum Gasteiger partial charge on any atom is -0.502 e. The van der Waals surface area contributed by atoms with Gasteiger partial charge >= 0.3 is 5.69 Å². The smallest absolute Gasteiger partial charge is 0.310 e. The Morgan fingerprint density at radius 1 is 1.27 bits per heavy atom. The Morgan fingerprint density at radius 3 is 2.91 bits per heavy atom. The van der Waals surface area contributed by atoms with Gasteiger partial charge in [-0.15, -0.1) is 0 Å². The lowest BCUT2D eigenvalue weighted by atomic mass is 9.60. The molecule has 3 aliphatic carbocycles. The Hall–Kier alpha value is -1.62. The van der Waals surface area contributed by atoms with Crippen LogP contribution in [0.25, 0.3) is 0 Å². The normalized spacial score (nSPS) is 41.1. The molecule has 0 aromatic heterocycles. The minimum atomic E-state index is -0.473. The molecule has 22 heavy (non-hydrogen) atoms. The summed E-state index contributed by atoms with van der Waals surface area (Å²) in [6, 6.07) is 3.26. The second kappa shape index (κ2) is 4.02. The van der Waals surface area contributed by atoms with Crippen molar-refractivity contribution in [2.24, 2.45) is 11.8 Å². The van der Waals surface area contributed by atoms with Crippen LogP contribution < -0.4 is 0 Å². The number of nitrogens with zero attached hydrogens (tertiary/aromatic N) is 1. The van der Waals surface area contributed by atoms with E-state index in [0.29, 0.717) is 23.9 Å². The summed E-state index contributed by atoms with van der Waals surface area (Å²) in [5, 5.41) is 21.0. The number of hydrogen-bond donors (Lipinski definition) is 1. The molecule has 1 heterocycles. The lowest BCUT2D eigenvalue weighted by molar-refractivity contribution is -0.386. The van der Waals surface area contributed by atoms with Crippen LogP contribution in [0.3, 0.4) is 0 Å². The van der Waals surface area contributed by atoms with E-state index in [1.165, 1.54) is 12.8 Å². The van der Waals surface area contributed by atoms with Crippen LogP contribution in [0.15, 0.2) is 12.1 Å². The molecule has 3 fully saturated rings. The molecule has 4 aliphatic rings. The van der Waals surface area contributed by atoms with Gasteiger partial charge in [0.05, 0.1) is 16.6 Å². The van der Waals surface area contributed by atoms with E-state index in [0.717, 1.165) is 36.8 Å². The van der Waals surface area contributed by atoms with E-state index in [1.807, 2.05) is 0 Å². The summed E-state index contributed by atoms with van der Waals surface area (Å²) in [6.07, 6.45) is 7.13. The number of nitro benzene ring substituents is 1. The fraction of sp³-hybridized carbons (Fsp3) is 0.647. The molecule has 1 spiro atoms. The lowest BCUT2D eigenvalue weighted by Gasteiger charge is -2.44. The van der Waals surface area contributed by atoms with E-state index in [1.54, 1.807) is 12.1 Å². The monoisotopic (exact) mass is 301 g/mol. The van der Waals surface area contributed by atoms with Gasteiger partial charge in [0, 0.05) is 6.07 Å². The Kier molecular flexibility index (Phi) is 2.35. The number of aromatic hydroxyl groups is 1. The molecule has 116 valence electrons. The second-order valence-electron chi connectivity index (χ2n) is 7.39. The van der Waals surface area contributed by atoms with E-state index in [2.05, 4.69) is 0 Å². The van der Waals surface area contributed by atoms with Crippen LogP contribution in [0, 0.1) is 22.0 Å². The molecule has 5 atom stereocenters. The molecule has 5 rings (SSSR count). The number of nitro groups is 1. The minimum absolute atomic E-state index is 0.147. The van der Waals surface area contributed by atoms with Gasteiger partial charge < -0.3 is 9.84 Å². The molecule has 3 unspecified atom stereocenters. The van der Waals surface area contributed by atoms with Gasteiger partial charge in [0.1, 0.15) is 0 Å². The summed E-state index contributed by atoms with van der Waals surface area (Å²) >= 11 is 0. The third-order valence-electron chi connectivity index (χ3n) is 6.68. The number of phenolic OH excluding ortho intramolecular Hbond substituents is 1. The predicted molar refractivity (Wildman–Crippen MR) is 78.9 cm³/mol. The number of hydrogen-bond acceptors (Lipinski definition) is 4. The second-order valence-corrected chi connectivity index (χ2v) is 7.39. The molecule has 2 saturated carbocycles. The molecule has 1 saturated heterocycles. The summed E-state index contributed by atoms with van der Waals surface area (Å²) in [4.78, 5) is 10.7. The highest BCUT2D eigenvalue weighted by molar-refractivity contribution is 5.53. The first-order valence-electron chi connectivity index (χ1n) is 8.28. The van der Waals surface area contributed by atoms with Gasteiger partial charge in [0.15, 0.2) is 5.75 Å². The van der Waals surface area contributed by atoms with Gasteiger partial charge in [0.2, 0.25) is 0 Å². The van der Waals surface area contributed by atoms with E-state index >= 15 is 0 Å². The predicted octanol–water partition coefficient (Wildman–Crippen LogP) is 3.29. The highest BCUT2D eigenvalue weighted by Gasteiger charge is 2.68.